The third-order valence-electron chi connectivity index (χ3n) is 4.93. The molecule has 0 saturated heterocycles. The van der Waals surface area contributed by atoms with Crippen LogP contribution in [-0.2, 0) is 38.3 Å². The van der Waals surface area contributed by atoms with Crippen molar-refractivity contribution in [2.24, 2.45) is 11.4 Å². The first kappa shape index (κ1) is 29.5. The summed E-state index contributed by atoms with van der Waals surface area (Å²) < 4.78 is 66.5. The standard InChI is InChI=1S/C22H28N8O7S2/c1-5-37-20(31)17-14-23-30(3)19(17)39(34,35)28-22(26-21-24-15(2)13-18(25-21)36-4)27-29-38(32,33)12-11-16-9-7-6-8-10-16/h6-10,13-14,29H,5,11-12H2,1-4H3,(H2,24,25,26,27,28). The number of sulfonamides is 2. The molecule has 0 radical (unpaired) electrons. The van der Waals surface area contributed by atoms with Crippen LogP contribution in [-0.4, -0.2) is 68.0 Å². The number of benzene rings is 1. The van der Waals surface area contributed by atoms with E-state index in [0.29, 0.717) is 5.69 Å². The van der Waals surface area contributed by atoms with Crippen molar-refractivity contribution in [1.82, 2.24) is 30.0 Å². The zero-order chi connectivity index (χ0) is 28.6. The first-order valence-electron chi connectivity index (χ1n) is 11.4. The zero-order valence-electron chi connectivity index (χ0n) is 21.6. The van der Waals surface area contributed by atoms with Gasteiger partial charge >= 0.3 is 16.0 Å². The summed E-state index contributed by atoms with van der Waals surface area (Å²) >= 11 is 0. The van der Waals surface area contributed by atoms with Gasteiger partial charge in [0.1, 0.15) is 5.56 Å². The topological polar surface area (TPSA) is 196 Å². The number of guanidine groups is 1. The first-order valence-corrected chi connectivity index (χ1v) is 14.5. The number of anilines is 1. The van der Waals surface area contributed by atoms with Gasteiger partial charge in [0.05, 0.1) is 25.7 Å². The fourth-order valence-electron chi connectivity index (χ4n) is 3.20. The lowest BCUT2D eigenvalue weighted by Gasteiger charge is -2.14. The smallest absolute Gasteiger partial charge is 0.342 e. The second-order valence-corrected chi connectivity index (χ2v) is 11.3. The number of aryl methyl sites for hydroxylation is 3. The highest BCUT2D eigenvalue weighted by atomic mass is 32.2. The quantitative estimate of drug-likeness (QED) is 0.123. The summed E-state index contributed by atoms with van der Waals surface area (Å²) in [6.45, 7) is 3.21. The zero-order valence-corrected chi connectivity index (χ0v) is 23.2. The van der Waals surface area contributed by atoms with Crippen LogP contribution in [0.4, 0.5) is 5.95 Å². The number of hydrogen-bond donors (Lipinski definition) is 3. The highest BCUT2D eigenvalue weighted by molar-refractivity contribution is 7.90. The fraction of sp³-hybridized carbons (Fsp3) is 0.318. The summed E-state index contributed by atoms with van der Waals surface area (Å²) in [6.07, 6.45) is 1.23. The average molecular weight is 581 g/mol. The first-order chi connectivity index (χ1) is 18.4. The molecule has 1 aromatic carbocycles. The molecule has 3 N–H and O–H groups in total. The number of carbonyl (C=O) groups is 1. The summed E-state index contributed by atoms with van der Waals surface area (Å²) in [7, 11) is -5.96. The maximum atomic E-state index is 13.3. The lowest BCUT2D eigenvalue weighted by atomic mass is 10.2. The Labute approximate surface area is 225 Å². The van der Waals surface area contributed by atoms with E-state index in [1.54, 1.807) is 38.1 Å². The van der Waals surface area contributed by atoms with Crippen molar-refractivity contribution in [2.45, 2.75) is 25.3 Å². The van der Waals surface area contributed by atoms with Gasteiger partial charge in [-0.25, -0.2) is 18.2 Å². The van der Waals surface area contributed by atoms with Crippen molar-refractivity contribution in [2.75, 3.05) is 24.8 Å². The SMILES string of the molecule is CCOC(=O)c1cnn(C)c1S(=O)(=O)N=C(NNS(=O)(=O)CCc1ccccc1)Nc1nc(C)cc(OC)n1. The number of nitrogens with one attached hydrogen (secondary N) is 3. The summed E-state index contributed by atoms with van der Waals surface area (Å²) in [5.41, 5.74) is 3.18. The number of hydrazine groups is 1. The maximum Gasteiger partial charge on any atom is 0.342 e. The minimum Gasteiger partial charge on any atom is -0.481 e. The summed E-state index contributed by atoms with van der Waals surface area (Å²) in [5, 5.41) is 5.79. The summed E-state index contributed by atoms with van der Waals surface area (Å²) in [4.78, 5) is 22.6. The fourth-order valence-corrected chi connectivity index (χ4v) is 5.27. The van der Waals surface area contributed by atoms with E-state index in [0.717, 1.165) is 16.4 Å². The van der Waals surface area contributed by atoms with Crippen LogP contribution in [0.2, 0.25) is 0 Å². The molecular weight excluding hydrogens is 552 g/mol. The van der Waals surface area contributed by atoms with Crippen LogP contribution < -0.4 is 20.3 Å². The molecule has 15 nitrogen and oxygen atoms in total. The second-order valence-electron chi connectivity index (χ2n) is 7.90. The maximum absolute atomic E-state index is 13.3. The van der Waals surface area contributed by atoms with Crippen LogP contribution in [0.15, 0.2) is 52.0 Å². The van der Waals surface area contributed by atoms with Gasteiger partial charge in [-0.2, -0.15) is 18.5 Å². The van der Waals surface area contributed by atoms with Gasteiger partial charge in [-0.05, 0) is 25.8 Å². The van der Waals surface area contributed by atoms with E-state index in [1.807, 2.05) is 6.07 Å². The third-order valence-corrected chi connectivity index (χ3v) is 7.48. The van der Waals surface area contributed by atoms with E-state index >= 15 is 0 Å². The molecule has 0 unspecified atom stereocenters. The molecule has 0 aliphatic rings. The monoisotopic (exact) mass is 580 g/mol. The van der Waals surface area contributed by atoms with Gasteiger partial charge in [0.15, 0.2) is 5.03 Å². The van der Waals surface area contributed by atoms with Crippen LogP contribution in [0.25, 0.3) is 0 Å². The molecule has 0 aliphatic carbocycles. The van der Waals surface area contributed by atoms with E-state index in [4.69, 9.17) is 9.47 Å². The van der Waals surface area contributed by atoms with Gasteiger partial charge in [0.25, 0.3) is 0 Å². The van der Waals surface area contributed by atoms with Crippen LogP contribution in [0.3, 0.4) is 0 Å². The molecule has 0 spiro atoms. The Morgan fingerprint density at radius 3 is 2.51 bits per heavy atom. The molecule has 3 aromatic rings. The molecule has 17 heteroatoms. The molecule has 2 aromatic heterocycles. The van der Waals surface area contributed by atoms with Crippen LogP contribution in [0.5, 0.6) is 5.88 Å². The van der Waals surface area contributed by atoms with Gasteiger partial charge in [-0.15, -0.1) is 9.23 Å². The molecule has 0 fully saturated rings. The van der Waals surface area contributed by atoms with Crippen LogP contribution in [0, 0.1) is 6.92 Å². The van der Waals surface area contributed by atoms with Crippen molar-refractivity contribution in [3.8, 4) is 5.88 Å². The highest BCUT2D eigenvalue weighted by Gasteiger charge is 2.29. The Kier molecular flexibility index (Phi) is 9.55. The molecule has 0 amide bonds. The Morgan fingerprint density at radius 1 is 1.13 bits per heavy atom. The number of hydrogen-bond acceptors (Lipinski definition) is 10. The van der Waals surface area contributed by atoms with Crippen LogP contribution in [0.1, 0.15) is 28.5 Å². The predicted molar refractivity (Wildman–Crippen MR) is 141 cm³/mol. The number of rotatable bonds is 11. The van der Waals surface area contributed by atoms with Gasteiger partial charge in [0, 0.05) is 18.8 Å². The van der Waals surface area contributed by atoms with E-state index in [-0.39, 0.29) is 36.2 Å². The summed E-state index contributed by atoms with van der Waals surface area (Å²) in [6, 6.07) is 10.5. The lowest BCUT2D eigenvalue weighted by molar-refractivity contribution is 0.0521. The Hall–Kier alpha value is -4.09. The van der Waals surface area contributed by atoms with Gasteiger partial charge in [-0.1, -0.05) is 30.3 Å². The molecular formula is C22H28N8O7S2. The largest absolute Gasteiger partial charge is 0.481 e. The van der Waals surface area contributed by atoms with Gasteiger partial charge in [0.2, 0.25) is 27.8 Å². The van der Waals surface area contributed by atoms with Crippen molar-refractivity contribution < 1.29 is 31.1 Å². The molecule has 0 saturated carbocycles. The Bertz CT molecular complexity index is 1560. The lowest BCUT2D eigenvalue weighted by Crippen LogP contribution is -2.46. The van der Waals surface area contributed by atoms with Crippen molar-refractivity contribution in [3.63, 3.8) is 0 Å². The number of aromatic nitrogens is 4. The van der Waals surface area contributed by atoms with Gasteiger partial charge in [-0.3, -0.25) is 15.4 Å². The minimum atomic E-state index is -4.67. The van der Waals surface area contributed by atoms with E-state index in [1.165, 1.54) is 20.2 Å². The van der Waals surface area contributed by atoms with E-state index < -0.39 is 37.0 Å². The third kappa shape index (κ3) is 8.20. The number of nitrogens with zero attached hydrogens (tertiary/aromatic N) is 5. The molecule has 2 heterocycles. The van der Waals surface area contributed by atoms with Crippen molar-refractivity contribution in [1.29, 1.82) is 0 Å². The molecule has 0 aliphatic heterocycles. The Morgan fingerprint density at radius 2 is 1.85 bits per heavy atom. The van der Waals surface area contributed by atoms with Crippen molar-refractivity contribution in [3.05, 3.63) is 59.4 Å². The number of esters is 1. The minimum absolute atomic E-state index is 0.00212. The normalized spacial score (nSPS) is 12.2. The average Bonchev–Trinajstić information content (AvgIpc) is 3.29. The second kappa shape index (κ2) is 12.6. The number of ether oxygens (including phenoxy) is 2. The highest BCUT2D eigenvalue weighted by Crippen LogP contribution is 2.19. The molecule has 0 atom stereocenters. The van der Waals surface area contributed by atoms with Crippen LogP contribution >= 0.6 is 0 Å². The molecule has 0 bridgehead atoms. The Balaban J connectivity index is 1.94. The molecule has 210 valence electrons. The predicted octanol–water partition coefficient (Wildman–Crippen LogP) is 0.527. The van der Waals surface area contributed by atoms with E-state index in [9.17, 15) is 21.6 Å². The number of methoxy groups -OCH3 is 1. The van der Waals surface area contributed by atoms with Crippen molar-refractivity contribution >= 4 is 37.9 Å². The van der Waals surface area contributed by atoms with Gasteiger partial charge < -0.3 is 9.47 Å². The van der Waals surface area contributed by atoms with E-state index in [2.05, 4.69) is 35.0 Å². The molecule has 3 rings (SSSR count). The molecule has 39 heavy (non-hydrogen) atoms. The number of carbonyl (C=O) groups excluding carboxylic acids is 1. The summed E-state index contributed by atoms with van der Waals surface area (Å²) in [5.74, 6) is -1.83.